The predicted molar refractivity (Wildman–Crippen MR) is 66.3 cm³/mol. The number of nitrogens with zero attached hydrogens (tertiary/aromatic N) is 1. The fraction of sp³-hybridized carbons (Fsp3) is 0.182. The molecule has 0 saturated heterocycles. The highest BCUT2D eigenvalue weighted by Crippen LogP contribution is 2.26. The molecular weight excluding hydrogens is 210 g/mol. The van der Waals surface area contributed by atoms with Gasteiger partial charge in [0.2, 0.25) is 0 Å². The zero-order valence-corrected chi connectivity index (χ0v) is 9.56. The van der Waals surface area contributed by atoms with Gasteiger partial charge in [0.1, 0.15) is 0 Å². The van der Waals surface area contributed by atoms with Crippen LogP contribution in [-0.2, 0) is 0 Å². The van der Waals surface area contributed by atoms with Gasteiger partial charge in [0.15, 0.2) is 0 Å². The van der Waals surface area contributed by atoms with Gasteiger partial charge in [-0.1, -0.05) is 12.1 Å². The van der Waals surface area contributed by atoms with E-state index in [1.54, 1.807) is 6.20 Å². The summed E-state index contributed by atoms with van der Waals surface area (Å²) in [5.41, 5.74) is 7.00. The molecule has 2 aromatic rings. The molecule has 0 amide bonds. The number of hydrazine groups is 1. The molecule has 0 fully saturated rings. The third-order valence-electron chi connectivity index (χ3n) is 2.46. The zero-order valence-electron chi connectivity index (χ0n) is 8.74. The fourth-order valence-corrected chi connectivity index (χ4v) is 1.69. The summed E-state index contributed by atoms with van der Waals surface area (Å²) in [4.78, 5) is 4.35. The van der Waals surface area contributed by atoms with Crippen molar-refractivity contribution in [3.8, 4) is 0 Å². The highest BCUT2D eigenvalue weighted by molar-refractivity contribution is 5.95. The van der Waals surface area contributed by atoms with Gasteiger partial charge in [-0.2, -0.15) is 0 Å². The summed E-state index contributed by atoms with van der Waals surface area (Å²) in [5.74, 6) is 5.46. The lowest BCUT2D eigenvalue weighted by Crippen LogP contribution is -2.07. The van der Waals surface area contributed by atoms with Crippen LogP contribution in [0.3, 0.4) is 0 Å². The molecule has 15 heavy (non-hydrogen) atoms. The van der Waals surface area contributed by atoms with E-state index in [0.717, 1.165) is 16.6 Å². The lowest BCUT2D eigenvalue weighted by Gasteiger charge is -2.09. The third-order valence-corrected chi connectivity index (χ3v) is 2.46. The maximum atomic E-state index is 5.46. The number of halogens is 1. The van der Waals surface area contributed by atoms with E-state index in [-0.39, 0.29) is 12.4 Å². The Labute approximate surface area is 95.1 Å². The zero-order chi connectivity index (χ0) is 10.1. The van der Waals surface area contributed by atoms with Crippen LogP contribution in [0.25, 0.3) is 10.9 Å². The first kappa shape index (κ1) is 11.8. The number of fused-ring (bicyclic) bond motifs is 1. The van der Waals surface area contributed by atoms with Crippen LogP contribution >= 0.6 is 12.4 Å². The molecule has 0 aliphatic heterocycles. The van der Waals surface area contributed by atoms with E-state index in [4.69, 9.17) is 5.84 Å². The Hall–Kier alpha value is -1.32. The van der Waals surface area contributed by atoms with Crippen LogP contribution in [0.15, 0.2) is 24.4 Å². The quantitative estimate of drug-likeness (QED) is 0.577. The summed E-state index contributed by atoms with van der Waals surface area (Å²) in [7, 11) is 0. The van der Waals surface area contributed by atoms with Crippen molar-refractivity contribution in [1.82, 2.24) is 4.98 Å². The lowest BCUT2D eigenvalue weighted by molar-refractivity contribution is 1.30. The number of aryl methyl sites for hydroxylation is 2. The van der Waals surface area contributed by atoms with Crippen LogP contribution in [0.1, 0.15) is 11.1 Å². The maximum absolute atomic E-state index is 5.46. The fourth-order valence-electron chi connectivity index (χ4n) is 1.69. The van der Waals surface area contributed by atoms with Gasteiger partial charge in [-0.3, -0.25) is 10.8 Å². The van der Waals surface area contributed by atoms with Crippen molar-refractivity contribution in [2.75, 3.05) is 5.43 Å². The summed E-state index contributed by atoms with van der Waals surface area (Å²) >= 11 is 0. The van der Waals surface area contributed by atoms with E-state index in [1.807, 2.05) is 6.07 Å². The molecule has 1 aromatic carbocycles. The van der Waals surface area contributed by atoms with Crippen molar-refractivity contribution in [3.05, 3.63) is 35.5 Å². The first-order valence-electron chi connectivity index (χ1n) is 4.55. The van der Waals surface area contributed by atoms with Crippen molar-refractivity contribution in [3.63, 3.8) is 0 Å². The molecular formula is C11H14ClN3. The van der Waals surface area contributed by atoms with Gasteiger partial charge in [0.25, 0.3) is 0 Å². The van der Waals surface area contributed by atoms with Crippen LogP contribution < -0.4 is 11.3 Å². The number of pyridine rings is 1. The number of hydrogen-bond donors (Lipinski definition) is 2. The molecule has 0 unspecified atom stereocenters. The number of hydrogen-bond acceptors (Lipinski definition) is 3. The summed E-state index contributed by atoms with van der Waals surface area (Å²) in [6.07, 6.45) is 1.77. The molecule has 1 heterocycles. The van der Waals surface area contributed by atoms with E-state index in [9.17, 15) is 0 Å². The Morgan fingerprint density at radius 3 is 2.47 bits per heavy atom. The molecule has 0 bridgehead atoms. The van der Waals surface area contributed by atoms with Gasteiger partial charge >= 0.3 is 0 Å². The number of rotatable bonds is 1. The van der Waals surface area contributed by atoms with E-state index in [0.29, 0.717) is 0 Å². The molecule has 1 aromatic heterocycles. The number of aromatic nitrogens is 1. The average Bonchev–Trinajstić information content (AvgIpc) is 2.23. The monoisotopic (exact) mass is 223 g/mol. The smallest absolute Gasteiger partial charge is 0.0755 e. The highest BCUT2D eigenvalue weighted by atomic mass is 35.5. The molecule has 3 nitrogen and oxygen atoms in total. The first-order valence-corrected chi connectivity index (χ1v) is 4.55. The van der Waals surface area contributed by atoms with Gasteiger partial charge in [-0.05, 0) is 31.0 Å². The number of nitrogen functional groups attached to an aromatic ring is 1. The second-order valence-corrected chi connectivity index (χ2v) is 3.43. The van der Waals surface area contributed by atoms with Crippen LogP contribution in [0.4, 0.5) is 5.69 Å². The van der Waals surface area contributed by atoms with E-state index in [1.165, 1.54) is 11.1 Å². The normalized spacial score (nSPS) is 9.80. The summed E-state index contributed by atoms with van der Waals surface area (Å²) in [5, 5.41) is 1.11. The Kier molecular flexibility index (Phi) is 3.50. The van der Waals surface area contributed by atoms with Gasteiger partial charge in [-0.25, -0.2) is 0 Å². The van der Waals surface area contributed by atoms with E-state index >= 15 is 0 Å². The second kappa shape index (κ2) is 4.47. The minimum absolute atomic E-state index is 0. The average molecular weight is 224 g/mol. The standard InChI is InChI=1S/C11H13N3.ClH/c1-7-3-4-8(2)11-10(7)9(14-12)5-6-13-11;/h3-6H,12H2,1-2H3,(H,13,14);1H. The molecule has 0 spiro atoms. The van der Waals surface area contributed by atoms with Gasteiger partial charge in [0, 0.05) is 11.6 Å². The van der Waals surface area contributed by atoms with Crippen LogP contribution in [0.2, 0.25) is 0 Å². The molecule has 80 valence electrons. The molecule has 3 N–H and O–H groups in total. The molecule has 0 radical (unpaired) electrons. The Morgan fingerprint density at radius 1 is 1.13 bits per heavy atom. The molecule has 2 rings (SSSR count). The van der Waals surface area contributed by atoms with E-state index in [2.05, 4.69) is 36.4 Å². The molecule has 4 heteroatoms. The van der Waals surface area contributed by atoms with Crippen molar-refractivity contribution in [2.24, 2.45) is 5.84 Å². The van der Waals surface area contributed by atoms with Crippen LogP contribution in [-0.4, -0.2) is 4.98 Å². The lowest BCUT2D eigenvalue weighted by atomic mass is 10.0. The molecule has 0 aliphatic rings. The van der Waals surface area contributed by atoms with Crippen molar-refractivity contribution >= 4 is 29.0 Å². The molecule has 0 aliphatic carbocycles. The van der Waals surface area contributed by atoms with Gasteiger partial charge < -0.3 is 5.43 Å². The minimum Gasteiger partial charge on any atom is -0.323 e. The molecule has 0 saturated carbocycles. The summed E-state index contributed by atoms with van der Waals surface area (Å²) < 4.78 is 0. The van der Waals surface area contributed by atoms with E-state index < -0.39 is 0 Å². The highest BCUT2D eigenvalue weighted by Gasteiger charge is 2.05. The van der Waals surface area contributed by atoms with Gasteiger partial charge in [0.05, 0.1) is 11.2 Å². The van der Waals surface area contributed by atoms with Crippen molar-refractivity contribution < 1.29 is 0 Å². The third kappa shape index (κ3) is 1.89. The second-order valence-electron chi connectivity index (χ2n) is 3.43. The summed E-state index contributed by atoms with van der Waals surface area (Å²) in [6.45, 7) is 4.11. The van der Waals surface area contributed by atoms with Crippen LogP contribution in [0, 0.1) is 13.8 Å². The summed E-state index contributed by atoms with van der Waals surface area (Å²) in [6, 6.07) is 6.04. The minimum atomic E-state index is 0. The largest absolute Gasteiger partial charge is 0.323 e. The Balaban J connectivity index is 0.00000112. The van der Waals surface area contributed by atoms with Crippen molar-refractivity contribution in [1.29, 1.82) is 0 Å². The number of nitrogens with one attached hydrogen (secondary N) is 1. The van der Waals surface area contributed by atoms with Crippen LogP contribution in [0.5, 0.6) is 0 Å². The van der Waals surface area contributed by atoms with Crippen molar-refractivity contribution in [2.45, 2.75) is 13.8 Å². The number of benzene rings is 1. The maximum Gasteiger partial charge on any atom is 0.0755 e. The predicted octanol–water partition coefficient (Wildman–Crippen LogP) is 2.56. The SMILES string of the molecule is Cc1ccc(C)c2c(NN)ccnc12.Cl. The molecule has 0 atom stereocenters. The Morgan fingerprint density at radius 2 is 1.80 bits per heavy atom. The Bertz CT molecular complexity index is 482. The first-order chi connectivity index (χ1) is 6.74. The van der Waals surface area contributed by atoms with Gasteiger partial charge in [-0.15, -0.1) is 12.4 Å². The topological polar surface area (TPSA) is 50.9 Å². The number of nitrogens with two attached hydrogens (primary N) is 1. The number of anilines is 1.